The van der Waals surface area contributed by atoms with Gasteiger partial charge in [0, 0.05) is 28.7 Å². The van der Waals surface area contributed by atoms with Crippen molar-refractivity contribution in [2.45, 2.75) is 5.16 Å². The Morgan fingerprint density at radius 2 is 2.04 bits per heavy atom. The molecular weight excluding hydrogens is 434 g/mol. The molecule has 0 saturated heterocycles. The van der Waals surface area contributed by atoms with Gasteiger partial charge in [-0.3, -0.25) is 14.9 Å². The summed E-state index contributed by atoms with van der Waals surface area (Å²) in [5.74, 6) is -2.38. The molecule has 0 aliphatic carbocycles. The molecule has 26 heavy (non-hydrogen) atoms. The van der Waals surface area contributed by atoms with Crippen molar-refractivity contribution in [2.24, 2.45) is 0 Å². The number of aromatic amines is 1. The van der Waals surface area contributed by atoms with Crippen LogP contribution >= 0.6 is 27.7 Å². The van der Waals surface area contributed by atoms with Crippen LogP contribution in [0.15, 0.2) is 40.0 Å². The highest BCUT2D eigenvalue weighted by Crippen LogP contribution is 2.27. The lowest BCUT2D eigenvalue weighted by Crippen LogP contribution is -2.14. The lowest BCUT2D eigenvalue weighted by atomic mass is 10.3. The highest BCUT2D eigenvalue weighted by molar-refractivity contribution is 9.10. The Morgan fingerprint density at radius 1 is 1.31 bits per heavy atom. The predicted octanol–water partition coefficient (Wildman–Crippen LogP) is 4.24. The van der Waals surface area contributed by atoms with E-state index in [1.807, 2.05) is 0 Å². The van der Waals surface area contributed by atoms with Gasteiger partial charge in [0.15, 0.2) is 16.8 Å². The zero-order valence-corrected chi connectivity index (χ0v) is 15.2. The average molecular weight is 443 g/mol. The minimum Gasteiger partial charge on any atom is -0.333 e. The molecule has 7 nitrogen and oxygen atoms in total. The Bertz CT molecular complexity index is 989. The Kier molecular flexibility index (Phi) is 5.18. The molecule has 1 amide bonds. The fourth-order valence-electron chi connectivity index (χ4n) is 2.09. The molecule has 134 valence electrons. The molecule has 0 bridgehead atoms. The van der Waals surface area contributed by atoms with E-state index in [1.54, 1.807) is 0 Å². The number of hydrogen-bond donors (Lipinski definition) is 2. The first-order valence-corrected chi connectivity index (χ1v) is 8.82. The Morgan fingerprint density at radius 3 is 2.73 bits per heavy atom. The van der Waals surface area contributed by atoms with Crippen LogP contribution in [-0.2, 0) is 4.79 Å². The molecule has 0 aliphatic heterocycles. The monoisotopic (exact) mass is 442 g/mol. The van der Waals surface area contributed by atoms with Gasteiger partial charge in [-0.05, 0) is 22.0 Å². The highest BCUT2D eigenvalue weighted by atomic mass is 79.9. The van der Waals surface area contributed by atoms with E-state index in [0.717, 1.165) is 23.9 Å². The summed E-state index contributed by atoms with van der Waals surface area (Å²) in [7, 11) is 0. The van der Waals surface area contributed by atoms with E-state index in [9.17, 15) is 23.7 Å². The van der Waals surface area contributed by atoms with Crippen molar-refractivity contribution in [1.29, 1.82) is 0 Å². The molecule has 3 aromatic rings. The molecule has 1 heterocycles. The number of rotatable bonds is 5. The van der Waals surface area contributed by atoms with Gasteiger partial charge >= 0.3 is 0 Å². The number of imidazole rings is 1. The third-order valence-corrected chi connectivity index (χ3v) is 4.81. The Balaban J connectivity index is 1.65. The quantitative estimate of drug-likeness (QED) is 0.349. The van der Waals surface area contributed by atoms with E-state index in [0.29, 0.717) is 20.8 Å². The number of amides is 1. The summed E-state index contributed by atoms with van der Waals surface area (Å²) in [6.07, 6.45) is 0. The second kappa shape index (κ2) is 7.38. The molecule has 0 fully saturated rings. The van der Waals surface area contributed by atoms with Crippen molar-refractivity contribution in [1.82, 2.24) is 9.97 Å². The van der Waals surface area contributed by atoms with Crippen molar-refractivity contribution in [3.05, 3.63) is 56.6 Å². The topological polar surface area (TPSA) is 101 Å². The fraction of sp³-hybridized carbons (Fsp3) is 0.0667. The first-order valence-electron chi connectivity index (χ1n) is 7.05. The number of anilines is 1. The summed E-state index contributed by atoms with van der Waals surface area (Å²) in [5, 5.41) is 13.6. The fourth-order valence-corrected chi connectivity index (χ4v) is 3.24. The van der Waals surface area contributed by atoms with Crippen LogP contribution in [0, 0.1) is 21.7 Å². The molecule has 0 spiro atoms. The van der Waals surface area contributed by atoms with Gasteiger partial charge in [0.1, 0.15) is 0 Å². The predicted molar refractivity (Wildman–Crippen MR) is 96.2 cm³/mol. The van der Waals surface area contributed by atoms with Gasteiger partial charge in [0.2, 0.25) is 5.91 Å². The lowest BCUT2D eigenvalue weighted by Gasteiger charge is -2.06. The number of fused-ring (bicyclic) bond motifs is 1. The first kappa shape index (κ1) is 18.3. The van der Waals surface area contributed by atoms with E-state index in [-0.39, 0.29) is 22.9 Å². The Hall–Kier alpha value is -2.53. The largest absolute Gasteiger partial charge is 0.333 e. The van der Waals surface area contributed by atoms with E-state index < -0.39 is 16.6 Å². The van der Waals surface area contributed by atoms with Crippen LogP contribution in [0.25, 0.3) is 11.0 Å². The number of nitrogens with zero attached hydrogens (tertiary/aromatic N) is 2. The van der Waals surface area contributed by atoms with Gasteiger partial charge in [-0.25, -0.2) is 13.8 Å². The summed E-state index contributed by atoms with van der Waals surface area (Å²) in [4.78, 5) is 29.1. The highest BCUT2D eigenvalue weighted by Gasteiger charge is 2.13. The number of benzene rings is 2. The zero-order chi connectivity index (χ0) is 18.8. The Labute approximate surface area is 157 Å². The minimum absolute atomic E-state index is 0.0196. The number of aromatic nitrogens is 2. The van der Waals surface area contributed by atoms with Crippen molar-refractivity contribution in [3.63, 3.8) is 0 Å². The maximum absolute atomic E-state index is 13.2. The summed E-state index contributed by atoms with van der Waals surface area (Å²) in [6.45, 7) is 0. The van der Waals surface area contributed by atoms with Gasteiger partial charge in [0.05, 0.1) is 27.4 Å². The van der Waals surface area contributed by atoms with Crippen LogP contribution in [0.2, 0.25) is 0 Å². The number of nitro benzene ring substituents is 1. The zero-order valence-electron chi connectivity index (χ0n) is 12.8. The summed E-state index contributed by atoms with van der Waals surface area (Å²) < 4.78 is 26.7. The smallest absolute Gasteiger partial charge is 0.270 e. The number of nitro groups is 1. The standard InChI is InChI=1S/C15H9BrF2N4O3S/c16-8-3-7(22(24)25)1-2-11(8)19-14(23)6-26-15-20-12-4-9(17)10(18)5-13(12)21-15/h1-5H,6H2,(H,19,23)(H,20,21). The normalized spacial score (nSPS) is 10.9. The third-order valence-electron chi connectivity index (χ3n) is 3.28. The van der Waals surface area contributed by atoms with Crippen molar-refractivity contribution in [3.8, 4) is 0 Å². The van der Waals surface area contributed by atoms with Gasteiger partial charge in [0.25, 0.3) is 5.69 Å². The van der Waals surface area contributed by atoms with E-state index in [4.69, 9.17) is 0 Å². The molecule has 3 rings (SSSR count). The maximum Gasteiger partial charge on any atom is 0.270 e. The van der Waals surface area contributed by atoms with Crippen LogP contribution in [0.4, 0.5) is 20.2 Å². The minimum atomic E-state index is -0.999. The van der Waals surface area contributed by atoms with E-state index >= 15 is 0 Å². The summed E-state index contributed by atoms with van der Waals surface area (Å²) in [5.41, 5.74) is 0.857. The van der Waals surface area contributed by atoms with Crippen molar-refractivity contribution < 1.29 is 18.5 Å². The van der Waals surface area contributed by atoms with Crippen LogP contribution in [0.5, 0.6) is 0 Å². The van der Waals surface area contributed by atoms with Gasteiger partial charge < -0.3 is 10.3 Å². The maximum atomic E-state index is 13.2. The molecule has 0 aliphatic rings. The molecule has 0 atom stereocenters. The number of carbonyl (C=O) groups is 1. The number of H-pyrrole nitrogens is 1. The average Bonchev–Trinajstić information content (AvgIpc) is 2.96. The van der Waals surface area contributed by atoms with Gasteiger partial charge in [-0.1, -0.05) is 11.8 Å². The van der Waals surface area contributed by atoms with Gasteiger partial charge in [-0.2, -0.15) is 0 Å². The van der Waals surface area contributed by atoms with Crippen LogP contribution in [-0.4, -0.2) is 26.6 Å². The van der Waals surface area contributed by atoms with E-state index in [1.165, 1.54) is 18.2 Å². The van der Waals surface area contributed by atoms with Crippen molar-refractivity contribution >= 4 is 56.0 Å². The number of non-ortho nitro benzene ring substituents is 1. The molecule has 0 saturated carbocycles. The number of carbonyl (C=O) groups excluding carboxylic acids is 1. The second-order valence-electron chi connectivity index (χ2n) is 5.08. The molecule has 0 radical (unpaired) electrons. The first-order chi connectivity index (χ1) is 12.3. The number of hydrogen-bond acceptors (Lipinski definition) is 5. The second-order valence-corrected chi connectivity index (χ2v) is 6.90. The molecule has 1 aromatic heterocycles. The summed E-state index contributed by atoms with van der Waals surface area (Å²) in [6, 6.07) is 5.94. The molecule has 2 N–H and O–H groups in total. The van der Waals surface area contributed by atoms with Crippen LogP contribution in [0.1, 0.15) is 0 Å². The number of thioether (sulfide) groups is 1. The number of halogens is 3. The van der Waals surface area contributed by atoms with Crippen LogP contribution < -0.4 is 5.32 Å². The third kappa shape index (κ3) is 3.99. The van der Waals surface area contributed by atoms with E-state index in [2.05, 4.69) is 31.2 Å². The van der Waals surface area contributed by atoms with Crippen LogP contribution in [0.3, 0.4) is 0 Å². The lowest BCUT2D eigenvalue weighted by molar-refractivity contribution is -0.384. The summed E-state index contributed by atoms with van der Waals surface area (Å²) >= 11 is 4.21. The van der Waals surface area contributed by atoms with Crippen molar-refractivity contribution in [2.75, 3.05) is 11.1 Å². The van der Waals surface area contributed by atoms with Gasteiger partial charge in [-0.15, -0.1) is 0 Å². The molecular formula is C15H9BrF2N4O3S. The number of nitrogens with one attached hydrogen (secondary N) is 2. The SMILES string of the molecule is O=C(CSc1nc2cc(F)c(F)cc2[nH]1)Nc1ccc([N+](=O)[O-])cc1Br. The molecule has 2 aromatic carbocycles. The molecule has 0 unspecified atom stereocenters. The molecule has 11 heteroatoms.